The highest BCUT2D eigenvalue weighted by molar-refractivity contribution is 5.86. The Morgan fingerprint density at radius 3 is 1.96 bits per heavy atom. The summed E-state index contributed by atoms with van der Waals surface area (Å²) in [6.07, 6.45) is 18.3. The van der Waals surface area contributed by atoms with Crippen LogP contribution in [0.25, 0.3) is 0 Å². The molecule has 26 heavy (non-hydrogen) atoms. The highest BCUT2D eigenvalue weighted by Gasteiger charge is 2.05. The van der Waals surface area contributed by atoms with Crippen molar-refractivity contribution < 1.29 is 19.1 Å². The molecule has 0 aliphatic carbocycles. The molecule has 4 heteroatoms. The fourth-order valence-corrected chi connectivity index (χ4v) is 2.47. The fraction of sp³-hybridized carbons (Fsp3) is 0.727. The molecule has 0 amide bonds. The second-order valence-corrected chi connectivity index (χ2v) is 6.76. The Bertz CT molecular complexity index is 412. The van der Waals surface area contributed by atoms with Crippen LogP contribution in [0.1, 0.15) is 90.9 Å². The highest BCUT2D eigenvalue weighted by Crippen LogP contribution is 2.09. The maximum atomic E-state index is 11.5. The summed E-state index contributed by atoms with van der Waals surface area (Å²) in [5.74, 6) is -0.672. The van der Waals surface area contributed by atoms with Crippen molar-refractivity contribution in [2.24, 2.45) is 0 Å². The van der Waals surface area contributed by atoms with E-state index in [1.54, 1.807) is 6.92 Å². The van der Waals surface area contributed by atoms with Gasteiger partial charge in [0.25, 0.3) is 0 Å². The summed E-state index contributed by atoms with van der Waals surface area (Å²) in [5, 5.41) is 0. The first kappa shape index (κ1) is 24.4. The molecular formula is C22H38O4. The number of carbonyl (C=O) groups is 2. The average Bonchev–Trinajstić information content (AvgIpc) is 2.62. The molecule has 0 spiro atoms. The van der Waals surface area contributed by atoms with E-state index in [2.05, 4.69) is 25.7 Å². The number of unbranched alkanes of at least 4 members (excludes halogenated alkanes) is 9. The molecule has 0 aliphatic heterocycles. The van der Waals surface area contributed by atoms with Gasteiger partial charge < -0.3 is 9.47 Å². The zero-order valence-electron chi connectivity index (χ0n) is 16.9. The first-order chi connectivity index (χ1) is 12.6. The van der Waals surface area contributed by atoms with Crippen molar-refractivity contribution in [3.63, 3.8) is 0 Å². The van der Waals surface area contributed by atoms with Gasteiger partial charge in [-0.2, -0.15) is 0 Å². The smallest absolute Gasteiger partial charge is 0.333 e. The van der Waals surface area contributed by atoms with Crippen LogP contribution < -0.4 is 0 Å². The Hall–Kier alpha value is -1.58. The average molecular weight is 367 g/mol. The van der Waals surface area contributed by atoms with Gasteiger partial charge in [-0.25, -0.2) is 4.79 Å². The van der Waals surface area contributed by atoms with E-state index in [0.717, 1.165) is 19.3 Å². The zero-order valence-corrected chi connectivity index (χ0v) is 16.9. The lowest BCUT2D eigenvalue weighted by Gasteiger charge is -2.06. The Labute approximate surface area is 160 Å². The van der Waals surface area contributed by atoms with Crippen molar-refractivity contribution in [3.8, 4) is 0 Å². The topological polar surface area (TPSA) is 52.6 Å². The number of hydrogen-bond donors (Lipinski definition) is 0. The number of esters is 2. The third-order valence-corrected chi connectivity index (χ3v) is 4.07. The lowest BCUT2D eigenvalue weighted by molar-refractivity contribution is -0.150. The molecule has 0 heterocycles. The standard InChI is InChI=1S/C22H38O4/c1-4-5-6-7-8-9-10-11-12-13-14-15-16-17-21(23)25-18-19-26-22(24)20(2)3/h9-10H,2,4-8,11-19H2,1,3H3/b10-9-. The third-order valence-electron chi connectivity index (χ3n) is 4.07. The molecule has 0 saturated carbocycles. The van der Waals surface area contributed by atoms with Gasteiger partial charge in [0.15, 0.2) is 0 Å². The molecular weight excluding hydrogens is 328 g/mol. The number of hydrogen-bond acceptors (Lipinski definition) is 4. The lowest BCUT2D eigenvalue weighted by atomic mass is 10.1. The van der Waals surface area contributed by atoms with E-state index in [1.807, 2.05) is 0 Å². The molecule has 0 bridgehead atoms. The minimum atomic E-state index is -0.451. The summed E-state index contributed by atoms with van der Waals surface area (Å²) < 4.78 is 9.88. The second-order valence-electron chi connectivity index (χ2n) is 6.76. The van der Waals surface area contributed by atoms with Gasteiger partial charge in [0.2, 0.25) is 0 Å². The van der Waals surface area contributed by atoms with Gasteiger partial charge in [-0.15, -0.1) is 0 Å². The van der Waals surface area contributed by atoms with Crippen LogP contribution in [-0.2, 0) is 19.1 Å². The quantitative estimate of drug-likeness (QED) is 0.139. The van der Waals surface area contributed by atoms with Crippen molar-refractivity contribution in [1.82, 2.24) is 0 Å². The third kappa shape index (κ3) is 17.2. The molecule has 0 unspecified atom stereocenters. The van der Waals surface area contributed by atoms with E-state index in [-0.39, 0.29) is 19.2 Å². The van der Waals surface area contributed by atoms with Crippen LogP contribution in [0.15, 0.2) is 24.3 Å². The Balaban J connectivity index is 3.31. The molecule has 0 N–H and O–H groups in total. The van der Waals surface area contributed by atoms with Crippen LogP contribution in [0.5, 0.6) is 0 Å². The van der Waals surface area contributed by atoms with E-state index in [9.17, 15) is 9.59 Å². The fourth-order valence-electron chi connectivity index (χ4n) is 2.47. The molecule has 0 aromatic rings. The normalized spacial score (nSPS) is 10.8. The summed E-state index contributed by atoms with van der Waals surface area (Å²) in [5.41, 5.74) is 0.346. The molecule has 0 aromatic heterocycles. The van der Waals surface area contributed by atoms with Crippen molar-refractivity contribution >= 4 is 11.9 Å². The summed E-state index contributed by atoms with van der Waals surface area (Å²) in [6.45, 7) is 7.50. The maximum Gasteiger partial charge on any atom is 0.333 e. The van der Waals surface area contributed by atoms with E-state index >= 15 is 0 Å². The molecule has 4 nitrogen and oxygen atoms in total. The van der Waals surface area contributed by atoms with E-state index in [1.165, 1.54) is 51.4 Å². The van der Waals surface area contributed by atoms with E-state index in [4.69, 9.17) is 9.47 Å². The Kier molecular flexibility index (Phi) is 17.1. The van der Waals surface area contributed by atoms with E-state index < -0.39 is 5.97 Å². The van der Waals surface area contributed by atoms with Gasteiger partial charge in [0.05, 0.1) is 0 Å². The SMILES string of the molecule is C=C(C)C(=O)OCCOC(=O)CCCCCCC/C=C\CCCCCC. The highest BCUT2D eigenvalue weighted by atomic mass is 16.6. The lowest BCUT2D eigenvalue weighted by Crippen LogP contribution is -2.14. The van der Waals surface area contributed by atoms with Crippen molar-refractivity contribution in [2.75, 3.05) is 13.2 Å². The largest absolute Gasteiger partial charge is 0.462 e. The van der Waals surface area contributed by atoms with E-state index in [0.29, 0.717) is 12.0 Å². The first-order valence-electron chi connectivity index (χ1n) is 10.2. The second kappa shape index (κ2) is 18.2. The Morgan fingerprint density at radius 2 is 1.35 bits per heavy atom. The van der Waals surface area contributed by atoms with Crippen LogP contribution in [-0.4, -0.2) is 25.2 Å². The van der Waals surface area contributed by atoms with Gasteiger partial charge in [-0.1, -0.05) is 64.2 Å². The van der Waals surface area contributed by atoms with Gasteiger partial charge >= 0.3 is 11.9 Å². The summed E-state index contributed by atoms with van der Waals surface area (Å²) in [6, 6.07) is 0. The van der Waals surface area contributed by atoms with Crippen molar-refractivity contribution in [2.45, 2.75) is 90.9 Å². The zero-order chi connectivity index (χ0) is 19.5. The number of ether oxygens (including phenoxy) is 2. The number of allylic oxidation sites excluding steroid dienone is 2. The van der Waals surface area contributed by atoms with Gasteiger partial charge in [0, 0.05) is 12.0 Å². The van der Waals surface area contributed by atoms with Crippen molar-refractivity contribution in [1.29, 1.82) is 0 Å². The van der Waals surface area contributed by atoms with Crippen molar-refractivity contribution in [3.05, 3.63) is 24.3 Å². The number of carbonyl (C=O) groups excluding carboxylic acids is 2. The maximum absolute atomic E-state index is 11.5. The molecule has 0 saturated heterocycles. The molecule has 0 rings (SSSR count). The van der Waals surface area contributed by atoms with Crippen LogP contribution in [0, 0.1) is 0 Å². The van der Waals surface area contributed by atoms with Gasteiger partial charge in [-0.3, -0.25) is 4.79 Å². The van der Waals surface area contributed by atoms with Gasteiger partial charge in [0.1, 0.15) is 13.2 Å². The van der Waals surface area contributed by atoms with Crippen LogP contribution >= 0.6 is 0 Å². The van der Waals surface area contributed by atoms with Crippen LogP contribution in [0.2, 0.25) is 0 Å². The monoisotopic (exact) mass is 366 g/mol. The first-order valence-corrected chi connectivity index (χ1v) is 10.2. The molecule has 0 atom stereocenters. The minimum absolute atomic E-state index is 0.0869. The molecule has 150 valence electrons. The summed E-state index contributed by atoms with van der Waals surface area (Å²) in [4.78, 5) is 22.7. The predicted octanol–water partition coefficient (Wildman–Crippen LogP) is 5.91. The van der Waals surface area contributed by atoms with Crippen LogP contribution in [0.3, 0.4) is 0 Å². The summed E-state index contributed by atoms with van der Waals surface area (Å²) in [7, 11) is 0. The molecule has 0 aliphatic rings. The van der Waals surface area contributed by atoms with Crippen LogP contribution in [0.4, 0.5) is 0 Å². The molecule has 0 fully saturated rings. The number of rotatable bonds is 17. The molecule has 0 aromatic carbocycles. The Morgan fingerprint density at radius 1 is 0.808 bits per heavy atom. The molecule has 0 radical (unpaired) electrons. The summed E-state index contributed by atoms with van der Waals surface area (Å²) >= 11 is 0. The minimum Gasteiger partial charge on any atom is -0.462 e. The predicted molar refractivity (Wildman–Crippen MR) is 107 cm³/mol. The van der Waals surface area contributed by atoms with Gasteiger partial charge in [-0.05, 0) is 39.0 Å².